The van der Waals surface area contributed by atoms with Gasteiger partial charge in [-0.2, -0.15) is 0 Å². The van der Waals surface area contributed by atoms with Gasteiger partial charge < -0.3 is 4.90 Å². The zero-order chi connectivity index (χ0) is 48.5. The van der Waals surface area contributed by atoms with Crippen molar-refractivity contribution in [1.82, 2.24) is 39.9 Å². The summed E-state index contributed by atoms with van der Waals surface area (Å²) in [6.45, 7) is 0. The van der Waals surface area contributed by atoms with Crippen LogP contribution in [-0.2, 0) is 0 Å². The molecule has 0 unspecified atom stereocenters. The lowest BCUT2D eigenvalue weighted by atomic mass is 9.95. The first kappa shape index (κ1) is 42.9. The van der Waals surface area contributed by atoms with Crippen LogP contribution in [0.15, 0.2) is 249 Å². The van der Waals surface area contributed by atoms with Crippen molar-refractivity contribution < 1.29 is 0 Å². The summed E-state index contributed by atoms with van der Waals surface area (Å²) >= 11 is 0. The molecule has 0 aliphatic rings. The number of hydrogen-bond donors (Lipinski definition) is 0. The molecule has 0 spiro atoms. The smallest absolute Gasteiger partial charge is 0.164 e. The third-order valence-corrected chi connectivity index (χ3v) is 13.0. The Morgan fingerprint density at radius 2 is 0.616 bits per heavy atom. The van der Waals surface area contributed by atoms with Crippen molar-refractivity contribution in [2.75, 3.05) is 4.90 Å². The van der Waals surface area contributed by atoms with Gasteiger partial charge in [0.25, 0.3) is 0 Å². The number of benzene rings is 9. The molecule has 0 aliphatic heterocycles. The Morgan fingerprint density at radius 3 is 1.08 bits per heavy atom. The normalized spacial score (nSPS) is 11.3. The number of fused-ring (bicyclic) bond motifs is 4. The van der Waals surface area contributed by atoms with E-state index in [2.05, 4.69) is 113 Å². The summed E-state index contributed by atoms with van der Waals surface area (Å²) < 4.78 is 0. The monoisotopic (exact) mass is 935 g/mol. The van der Waals surface area contributed by atoms with Gasteiger partial charge in [0.05, 0.1) is 11.0 Å². The van der Waals surface area contributed by atoms with E-state index in [-0.39, 0.29) is 0 Å². The molecular weight excluding hydrogens is 895 g/mol. The van der Waals surface area contributed by atoms with Crippen molar-refractivity contribution in [2.45, 2.75) is 0 Å². The molecule has 4 aromatic heterocycles. The Balaban J connectivity index is 0.914. The van der Waals surface area contributed by atoms with Gasteiger partial charge in [-0.1, -0.05) is 152 Å². The van der Waals surface area contributed by atoms with E-state index in [1.54, 1.807) is 0 Å². The number of aromatic nitrogens is 8. The van der Waals surface area contributed by atoms with E-state index in [9.17, 15) is 0 Å². The van der Waals surface area contributed by atoms with Crippen LogP contribution in [0.3, 0.4) is 0 Å². The van der Waals surface area contributed by atoms with Crippen molar-refractivity contribution in [3.63, 3.8) is 0 Å². The van der Waals surface area contributed by atoms with Crippen LogP contribution in [0, 0.1) is 0 Å². The highest BCUT2D eigenvalue weighted by Gasteiger charge is 2.19. The maximum absolute atomic E-state index is 5.02. The van der Waals surface area contributed by atoms with Crippen LogP contribution in [0.1, 0.15) is 0 Å². The summed E-state index contributed by atoms with van der Waals surface area (Å²) in [5, 5.41) is 4.34. The van der Waals surface area contributed by atoms with Gasteiger partial charge in [-0.05, 0) is 107 Å². The standard InChI is InChI=1S/C64H41N9/c1-5-15-42(16-6-1)59-67-60(43-17-7-2-8-18-43)70-63(69-59)46-27-32-52(33-28-46)73(53-34-29-47(30-35-53)64-71-61(44-19-9-3-10-20-44)68-62(72-64)45-21-11-4-12-22-45)54-36-31-48-39-50(26-25-49(48)40-54)56-41-51-23-13-37-65-57(51)58-55(56)24-14-38-66-58/h1-41H. The second kappa shape index (κ2) is 18.7. The molecule has 0 atom stereocenters. The van der Waals surface area contributed by atoms with Gasteiger partial charge in [-0.3, -0.25) is 9.97 Å². The van der Waals surface area contributed by atoms with Crippen LogP contribution < -0.4 is 4.90 Å². The molecule has 0 radical (unpaired) electrons. The Bertz CT molecular complexity index is 3830. The van der Waals surface area contributed by atoms with Gasteiger partial charge in [0.15, 0.2) is 34.9 Å². The third kappa shape index (κ3) is 8.47. The summed E-state index contributed by atoms with van der Waals surface area (Å²) in [7, 11) is 0. The van der Waals surface area contributed by atoms with Crippen LogP contribution >= 0.6 is 0 Å². The molecule has 342 valence electrons. The lowest BCUT2D eigenvalue weighted by Gasteiger charge is -2.26. The fraction of sp³-hybridized carbons (Fsp3) is 0. The van der Waals surface area contributed by atoms with Gasteiger partial charge in [-0.25, -0.2) is 29.9 Å². The summed E-state index contributed by atoms with van der Waals surface area (Å²) in [4.78, 5) is 41.6. The average Bonchev–Trinajstić information content (AvgIpc) is 3.48. The molecule has 0 N–H and O–H groups in total. The molecule has 73 heavy (non-hydrogen) atoms. The predicted molar refractivity (Wildman–Crippen MR) is 294 cm³/mol. The third-order valence-electron chi connectivity index (χ3n) is 13.0. The molecule has 0 aliphatic carbocycles. The van der Waals surface area contributed by atoms with Crippen LogP contribution in [-0.4, -0.2) is 39.9 Å². The summed E-state index contributed by atoms with van der Waals surface area (Å²) in [5.41, 5.74) is 12.3. The van der Waals surface area contributed by atoms with Gasteiger partial charge in [0.2, 0.25) is 0 Å². The number of anilines is 3. The highest BCUT2D eigenvalue weighted by Crippen LogP contribution is 2.40. The number of nitrogens with zero attached hydrogens (tertiary/aromatic N) is 9. The number of hydrogen-bond acceptors (Lipinski definition) is 9. The molecule has 13 rings (SSSR count). The van der Waals surface area contributed by atoms with Crippen molar-refractivity contribution in [2.24, 2.45) is 0 Å². The molecule has 4 heterocycles. The first-order valence-electron chi connectivity index (χ1n) is 24.1. The zero-order valence-electron chi connectivity index (χ0n) is 39.2. The summed E-state index contributed by atoms with van der Waals surface area (Å²) in [6.07, 6.45) is 3.66. The quantitative estimate of drug-likeness (QED) is 0.124. The van der Waals surface area contributed by atoms with E-state index in [0.29, 0.717) is 34.9 Å². The largest absolute Gasteiger partial charge is 0.310 e. The molecule has 9 nitrogen and oxygen atoms in total. The van der Waals surface area contributed by atoms with Crippen molar-refractivity contribution >= 4 is 49.6 Å². The molecule has 0 amide bonds. The fourth-order valence-electron chi connectivity index (χ4n) is 9.40. The minimum atomic E-state index is 0.588. The highest BCUT2D eigenvalue weighted by molar-refractivity contribution is 6.10. The first-order valence-corrected chi connectivity index (χ1v) is 24.1. The topological polar surface area (TPSA) is 106 Å². The van der Waals surface area contributed by atoms with Gasteiger partial charge in [0.1, 0.15) is 0 Å². The molecule has 13 aromatic rings. The first-order chi connectivity index (χ1) is 36.1. The van der Waals surface area contributed by atoms with Crippen LogP contribution in [0.5, 0.6) is 0 Å². The SMILES string of the molecule is c1ccc(-c2nc(-c3ccccc3)nc(-c3ccc(N(c4ccc(-c5nc(-c6ccccc6)nc(-c6ccccc6)n5)cc4)c4ccc5cc(-c6cc7cccnc7c7ncccc67)ccc5c4)cc3)n2)cc1. The number of rotatable bonds is 10. The molecule has 9 aromatic carbocycles. The van der Waals surface area contributed by atoms with Crippen molar-refractivity contribution in [3.05, 3.63) is 249 Å². The number of pyridine rings is 2. The van der Waals surface area contributed by atoms with Crippen LogP contribution in [0.4, 0.5) is 17.1 Å². The predicted octanol–water partition coefficient (Wildman–Crippen LogP) is 15.4. The van der Waals surface area contributed by atoms with E-state index in [4.69, 9.17) is 34.9 Å². The molecule has 0 fully saturated rings. The highest BCUT2D eigenvalue weighted by atomic mass is 15.1. The van der Waals surface area contributed by atoms with Crippen molar-refractivity contribution in [3.8, 4) is 79.5 Å². The van der Waals surface area contributed by atoms with E-state index >= 15 is 0 Å². The maximum atomic E-state index is 5.02. The summed E-state index contributed by atoms with van der Waals surface area (Å²) in [5.74, 6) is 3.63. The second-order valence-corrected chi connectivity index (χ2v) is 17.7. The molecule has 0 saturated heterocycles. The molecule has 9 heteroatoms. The molecule has 0 saturated carbocycles. The van der Waals surface area contributed by atoms with E-state index in [1.165, 1.54) is 0 Å². The summed E-state index contributed by atoms with van der Waals surface area (Å²) in [6, 6.07) is 80.7. The molecular formula is C64H41N9. The van der Waals surface area contributed by atoms with Gasteiger partial charge in [0, 0.05) is 73.6 Å². The minimum absolute atomic E-state index is 0.588. The minimum Gasteiger partial charge on any atom is -0.310 e. The lowest BCUT2D eigenvalue weighted by Crippen LogP contribution is -2.10. The van der Waals surface area contributed by atoms with Gasteiger partial charge >= 0.3 is 0 Å². The van der Waals surface area contributed by atoms with E-state index < -0.39 is 0 Å². The maximum Gasteiger partial charge on any atom is 0.164 e. The second-order valence-electron chi connectivity index (χ2n) is 17.7. The Morgan fingerprint density at radius 1 is 0.247 bits per heavy atom. The average molecular weight is 936 g/mol. The Kier molecular flexibility index (Phi) is 11.0. The van der Waals surface area contributed by atoms with E-state index in [0.717, 1.165) is 94.1 Å². The van der Waals surface area contributed by atoms with Gasteiger partial charge in [-0.15, -0.1) is 0 Å². The Labute approximate surface area is 421 Å². The lowest BCUT2D eigenvalue weighted by molar-refractivity contribution is 1.07. The van der Waals surface area contributed by atoms with E-state index in [1.807, 2.05) is 146 Å². The van der Waals surface area contributed by atoms with Crippen LogP contribution in [0.25, 0.3) is 112 Å². The van der Waals surface area contributed by atoms with Crippen LogP contribution in [0.2, 0.25) is 0 Å². The van der Waals surface area contributed by atoms with Crippen molar-refractivity contribution in [1.29, 1.82) is 0 Å². The Hall–Kier alpha value is -10.1. The molecule has 0 bridgehead atoms. The fourth-order valence-corrected chi connectivity index (χ4v) is 9.40. The zero-order valence-corrected chi connectivity index (χ0v) is 39.2.